The minimum Gasteiger partial charge on any atom is -0.497 e. The lowest BCUT2D eigenvalue weighted by Gasteiger charge is -2.27. The van der Waals surface area contributed by atoms with Crippen molar-refractivity contribution in [1.82, 2.24) is 64.2 Å². The molecular weight excluding hydrogens is 1270 g/mol. The third-order valence-corrected chi connectivity index (χ3v) is 15.6. The van der Waals surface area contributed by atoms with Gasteiger partial charge in [0.25, 0.3) is 0 Å². The molecule has 99 heavy (non-hydrogen) atoms. The van der Waals surface area contributed by atoms with Crippen LogP contribution >= 0.6 is 11.6 Å². The Labute approximate surface area is 580 Å². The number of methoxy groups -OCH3 is 5. The zero-order valence-electron chi connectivity index (χ0n) is 55.0. The summed E-state index contributed by atoms with van der Waals surface area (Å²) in [4.78, 5) is 38.4. The van der Waals surface area contributed by atoms with Crippen LogP contribution in [0.15, 0.2) is 189 Å². The summed E-state index contributed by atoms with van der Waals surface area (Å²) in [6.45, 7) is 3.64. The van der Waals surface area contributed by atoms with E-state index in [1.54, 1.807) is 98.1 Å². The standard InChI is InChI=1S/C28H24N6O2.C23H26N6O2.C22H21ClFN5O.2CH4/c1-33-19-21(17-31-33)28-18-30-26-7-6-22(15-27(26)32-28)34(12-4-5-20-8-10-29-11-9-20)23-13-24(35-2)16-25(14-23)36-3;1-15(24)13-29(18-7-19(30-3)10-20(8-18)31-4)17-5-6-21-22(9-17)27-23(12-25-21)16-11-26-28(2)14-16;1-28-14-15(12-26-28)22-13-25-20-5-4-17(11-21(20)27-22)29(7-3-6-23)18-8-16(24)9-19(10-18)30-2;;/h6-11,13-19H,12H2,1-3H3;5-12,14-15H,13,24H2,1-4H3;4-5,8-14H,3,6-7H2,1-2H3;2*1H4/t;15-;;;/m.1.../s1. The maximum Gasteiger partial charge on any atom is 0.128 e. The van der Waals surface area contributed by atoms with Crippen molar-refractivity contribution in [2.24, 2.45) is 26.9 Å². The van der Waals surface area contributed by atoms with Crippen LogP contribution in [0.3, 0.4) is 0 Å². The molecule has 0 bridgehead atoms. The number of nitrogens with two attached hydrogens (primary N) is 1. The Morgan fingerprint density at radius 1 is 0.475 bits per heavy atom. The first-order chi connectivity index (χ1) is 47.2. The zero-order valence-corrected chi connectivity index (χ0v) is 55.8. The molecule has 0 saturated carbocycles. The molecular formula is C75H79ClFN17O5. The van der Waals surface area contributed by atoms with Crippen LogP contribution in [0.1, 0.15) is 33.8 Å². The Kier molecular flexibility index (Phi) is 24.1. The quantitative estimate of drug-likeness (QED) is 0.0553. The number of aryl methyl sites for hydroxylation is 3. The molecule has 0 fully saturated rings. The van der Waals surface area contributed by atoms with Gasteiger partial charge in [-0.3, -0.25) is 34.0 Å². The molecule has 13 rings (SSSR count). The predicted molar refractivity (Wildman–Crippen MR) is 392 cm³/mol. The molecule has 0 spiro atoms. The normalized spacial score (nSPS) is 10.9. The highest BCUT2D eigenvalue weighted by atomic mass is 35.5. The van der Waals surface area contributed by atoms with E-state index in [4.69, 9.17) is 56.0 Å². The molecule has 7 aromatic heterocycles. The summed E-state index contributed by atoms with van der Waals surface area (Å²) in [6.07, 6.45) is 20.5. The van der Waals surface area contributed by atoms with Gasteiger partial charge in [0.15, 0.2) is 0 Å². The number of rotatable bonds is 20. The smallest absolute Gasteiger partial charge is 0.128 e. The van der Waals surface area contributed by atoms with Crippen LogP contribution in [0.25, 0.3) is 66.9 Å². The molecule has 0 saturated heterocycles. The third-order valence-electron chi connectivity index (χ3n) is 15.3. The number of ether oxygens (including phenoxy) is 5. The maximum absolute atomic E-state index is 14.1. The van der Waals surface area contributed by atoms with Gasteiger partial charge in [-0.1, -0.05) is 26.7 Å². The van der Waals surface area contributed by atoms with Crippen molar-refractivity contribution in [3.05, 3.63) is 201 Å². The van der Waals surface area contributed by atoms with Crippen molar-refractivity contribution in [2.75, 3.05) is 75.8 Å². The van der Waals surface area contributed by atoms with Gasteiger partial charge in [0.1, 0.15) is 34.6 Å². The molecule has 6 aromatic carbocycles. The molecule has 0 aliphatic carbocycles. The number of benzene rings is 6. The van der Waals surface area contributed by atoms with Crippen molar-refractivity contribution in [3.8, 4) is 74.4 Å². The van der Waals surface area contributed by atoms with Gasteiger partial charge in [-0.25, -0.2) is 19.3 Å². The van der Waals surface area contributed by atoms with Gasteiger partial charge in [0, 0.05) is 182 Å². The summed E-state index contributed by atoms with van der Waals surface area (Å²) in [5.74, 6) is 9.89. The molecule has 0 aliphatic rings. The highest BCUT2D eigenvalue weighted by Crippen LogP contribution is 2.37. The van der Waals surface area contributed by atoms with Crippen molar-refractivity contribution in [2.45, 2.75) is 34.2 Å². The minimum atomic E-state index is -0.361. The second kappa shape index (κ2) is 33.3. The lowest BCUT2D eigenvalue weighted by Crippen LogP contribution is -2.32. The molecule has 0 aliphatic heterocycles. The van der Waals surface area contributed by atoms with Crippen LogP contribution < -0.4 is 44.1 Å². The first-order valence-electron chi connectivity index (χ1n) is 30.8. The van der Waals surface area contributed by atoms with E-state index in [0.717, 1.165) is 107 Å². The Balaban J connectivity index is 0.000000173. The number of hydrogen-bond donors (Lipinski definition) is 1. The van der Waals surface area contributed by atoms with Gasteiger partial charge in [0.05, 0.1) is 129 Å². The minimum absolute atomic E-state index is 0. The molecule has 2 N–H and O–H groups in total. The van der Waals surface area contributed by atoms with Gasteiger partial charge in [-0.2, -0.15) is 15.3 Å². The lowest BCUT2D eigenvalue weighted by molar-refractivity contribution is 0.394. The topological polar surface area (TPSA) is 226 Å². The molecule has 13 aromatic rings. The van der Waals surface area contributed by atoms with Crippen LogP contribution in [0.2, 0.25) is 0 Å². The van der Waals surface area contributed by atoms with Gasteiger partial charge in [-0.15, -0.1) is 11.6 Å². The third kappa shape index (κ3) is 17.8. The fourth-order valence-corrected chi connectivity index (χ4v) is 10.7. The molecule has 0 unspecified atom stereocenters. The molecule has 7 heterocycles. The number of alkyl halides is 1. The number of pyridine rings is 1. The van der Waals surface area contributed by atoms with E-state index >= 15 is 0 Å². The first kappa shape index (κ1) is 71.6. The summed E-state index contributed by atoms with van der Waals surface area (Å²) in [6, 6.07) is 37.7. The fourth-order valence-electron chi connectivity index (χ4n) is 10.6. The number of halogens is 2. The van der Waals surface area contributed by atoms with Gasteiger partial charge < -0.3 is 44.1 Å². The Hall–Kier alpha value is -11.7. The number of anilines is 6. The largest absolute Gasteiger partial charge is 0.497 e. The van der Waals surface area contributed by atoms with E-state index in [1.165, 1.54) is 19.2 Å². The molecule has 508 valence electrons. The second-order valence-electron chi connectivity index (χ2n) is 22.4. The maximum atomic E-state index is 14.1. The first-order valence-corrected chi connectivity index (χ1v) is 31.3. The predicted octanol–water partition coefficient (Wildman–Crippen LogP) is 14.4. The van der Waals surface area contributed by atoms with Crippen molar-refractivity contribution in [1.29, 1.82) is 0 Å². The van der Waals surface area contributed by atoms with Crippen LogP contribution in [-0.4, -0.2) is 131 Å². The average molecular weight is 1350 g/mol. The molecule has 22 nitrogen and oxygen atoms in total. The van der Waals surface area contributed by atoms with E-state index in [-0.39, 0.29) is 26.7 Å². The number of aromatic nitrogens is 13. The molecule has 24 heteroatoms. The lowest BCUT2D eigenvalue weighted by atomic mass is 10.1. The van der Waals surface area contributed by atoms with E-state index in [0.29, 0.717) is 59.9 Å². The average Bonchev–Trinajstić information content (AvgIpc) is 1.02. The van der Waals surface area contributed by atoms with Gasteiger partial charge in [0.2, 0.25) is 0 Å². The highest BCUT2D eigenvalue weighted by molar-refractivity contribution is 6.17. The summed E-state index contributed by atoms with van der Waals surface area (Å²) in [5.41, 5.74) is 22.0. The summed E-state index contributed by atoms with van der Waals surface area (Å²) >= 11 is 5.94. The van der Waals surface area contributed by atoms with E-state index < -0.39 is 0 Å². The molecule has 1 atom stereocenters. The summed E-state index contributed by atoms with van der Waals surface area (Å²) < 4.78 is 46.5. The summed E-state index contributed by atoms with van der Waals surface area (Å²) in [7, 11) is 13.7. The molecule has 0 amide bonds. The number of nitrogens with zero attached hydrogens (tertiary/aromatic N) is 16. The number of hydrogen-bond acceptors (Lipinski definition) is 19. The second-order valence-corrected chi connectivity index (χ2v) is 22.8. The zero-order chi connectivity index (χ0) is 68.0. The Morgan fingerprint density at radius 2 is 0.859 bits per heavy atom. The Morgan fingerprint density at radius 3 is 1.24 bits per heavy atom. The van der Waals surface area contributed by atoms with E-state index in [9.17, 15) is 4.39 Å². The fraction of sp³-hybridized carbons (Fsp3) is 0.227. The number of fused-ring (bicyclic) bond motifs is 3. The summed E-state index contributed by atoms with van der Waals surface area (Å²) in [5, 5.41) is 12.7. The SMILES string of the molecule is C.C.COc1cc(F)cc(N(CCCCl)c2ccc3ncc(-c4cnn(C)c4)nc3c2)c1.COc1cc(OC)cc(N(CC#Cc2ccncc2)c2ccc3ncc(-c4cnn(C)c4)nc3c2)c1.COc1cc(OC)cc(N(C[C@@H](C)N)c2ccc3ncc(-c4cnn(C)c4)nc3c2)c1. The van der Waals surface area contributed by atoms with Crippen molar-refractivity contribution >= 4 is 78.8 Å². The van der Waals surface area contributed by atoms with Crippen LogP contribution in [0, 0.1) is 17.7 Å². The van der Waals surface area contributed by atoms with E-state index in [1.807, 2.05) is 155 Å². The van der Waals surface area contributed by atoms with Crippen LogP contribution in [-0.2, 0) is 21.1 Å². The molecule has 0 radical (unpaired) electrons. The highest BCUT2D eigenvalue weighted by Gasteiger charge is 2.19. The van der Waals surface area contributed by atoms with Gasteiger partial charge >= 0.3 is 0 Å². The van der Waals surface area contributed by atoms with Gasteiger partial charge in [-0.05, 0) is 86.1 Å². The van der Waals surface area contributed by atoms with Crippen molar-refractivity contribution < 1.29 is 28.1 Å². The van der Waals surface area contributed by atoms with Crippen LogP contribution in [0.4, 0.5) is 38.5 Å². The van der Waals surface area contributed by atoms with Crippen LogP contribution in [0.5, 0.6) is 28.7 Å². The van der Waals surface area contributed by atoms with E-state index in [2.05, 4.69) is 56.9 Å². The van der Waals surface area contributed by atoms with Crippen molar-refractivity contribution in [3.63, 3.8) is 0 Å². The Bertz CT molecular complexity index is 4880. The monoisotopic (exact) mass is 1350 g/mol.